The Kier molecular flexibility index (Phi) is 6.01. The number of carbonyl (C=O) groups is 1. The van der Waals surface area contributed by atoms with Gasteiger partial charge in [0.05, 0.1) is 11.6 Å². The van der Waals surface area contributed by atoms with Gasteiger partial charge in [0.1, 0.15) is 23.4 Å². The molecule has 0 bridgehead atoms. The minimum Gasteiger partial charge on any atom is -0.488 e. The molecule has 1 amide bonds. The number of aromatic nitrogens is 1. The number of aryl methyl sites for hydroxylation is 1. The Morgan fingerprint density at radius 3 is 2.70 bits per heavy atom. The first kappa shape index (κ1) is 24.2. The van der Waals surface area contributed by atoms with Gasteiger partial charge in [-0.1, -0.05) is 6.58 Å². The Morgan fingerprint density at radius 1 is 1.45 bits per heavy atom. The van der Waals surface area contributed by atoms with Crippen molar-refractivity contribution in [1.29, 1.82) is 5.26 Å². The number of halogens is 4. The van der Waals surface area contributed by atoms with Crippen LogP contribution in [0.15, 0.2) is 41.9 Å². The third kappa shape index (κ3) is 4.17. The Hall–Kier alpha value is -3.41. The number of nitrogens with one attached hydrogen (secondary N) is 2. The lowest BCUT2D eigenvalue weighted by Gasteiger charge is -2.33. The molecule has 2 aromatic rings. The second-order valence-corrected chi connectivity index (χ2v) is 8.74. The van der Waals surface area contributed by atoms with Gasteiger partial charge in [-0.3, -0.25) is 4.79 Å². The minimum absolute atomic E-state index is 0.00140. The van der Waals surface area contributed by atoms with Crippen LogP contribution in [0.25, 0.3) is 0 Å². The Balaban J connectivity index is 2.00. The quantitative estimate of drug-likeness (QED) is 0.444. The van der Waals surface area contributed by atoms with Gasteiger partial charge < -0.3 is 19.7 Å². The van der Waals surface area contributed by atoms with Crippen LogP contribution >= 0.6 is 0 Å². The number of hydrogen-bond donors (Lipinski definition) is 3. The van der Waals surface area contributed by atoms with Crippen molar-refractivity contribution in [2.24, 2.45) is 7.05 Å². The summed E-state index contributed by atoms with van der Waals surface area (Å²) >= 11 is 0. The molecule has 1 aliphatic rings. The first-order valence-electron chi connectivity index (χ1n) is 9.03. The van der Waals surface area contributed by atoms with Crippen molar-refractivity contribution in [3.63, 3.8) is 0 Å². The molecule has 33 heavy (non-hydrogen) atoms. The number of alkyl halides is 3. The van der Waals surface area contributed by atoms with E-state index in [0.717, 1.165) is 29.0 Å². The molecule has 176 valence electrons. The summed E-state index contributed by atoms with van der Waals surface area (Å²) in [6.07, 6.45) is -4.19. The molecule has 0 spiro atoms. The highest BCUT2D eigenvalue weighted by molar-refractivity contribution is 7.89. The van der Waals surface area contributed by atoms with Crippen molar-refractivity contribution < 1.29 is 40.6 Å². The molecular formula is C19H16F4N4O5S. The van der Waals surface area contributed by atoms with Gasteiger partial charge >= 0.3 is 6.18 Å². The SMILES string of the molecule is C=C[C@@](O)([C@H]1COc2c(cn(C)c2C(=O)Nc2ccc(F)c(C#N)c2)S(=O)(=O)N1)C(F)(F)F. The Labute approximate surface area is 184 Å². The Morgan fingerprint density at radius 2 is 2.12 bits per heavy atom. The molecule has 14 heteroatoms. The molecule has 9 nitrogen and oxygen atoms in total. The van der Waals surface area contributed by atoms with Crippen LogP contribution in [-0.2, 0) is 17.1 Å². The fourth-order valence-corrected chi connectivity index (χ4v) is 4.62. The van der Waals surface area contributed by atoms with Crippen molar-refractivity contribution in [3.8, 4) is 11.8 Å². The van der Waals surface area contributed by atoms with Gasteiger partial charge in [-0.15, -0.1) is 0 Å². The monoisotopic (exact) mass is 488 g/mol. The van der Waals surface area contributed by atoms with Gasteiger partial charge in [-0.25, -0.2) is 17.5 Å². The van der Waals surface area contributed by atoms with E-state index in [4.69, 9.17) is 10.00 Å². The maximum Gasteiger partial charge on any atom is 0.422 e. The summed E-state index contributed by atoms with van der Waals surface area (Å²) in [6, 6.07) is 2.51. The van der Waals surface area contributed by atoms with Crippen LogP contribution in [0.1, 0.15) is 16.1 Å². The number of nitrogens with zero attached hydrogens (tertiary/aromatic N) is 2. The lowest BCUT2D eigenvalue weighted by Crippen LogP contribution is -2.61. The normalized spacial score (nSPS) is 19.2. The third-order valence-electron chi connectivity index (χ3n) is 4.94. The third-order valence-corrected chi connectivity index (χ3v) is 6.40. The van der Waals surface area contributed by atoms with E-state index in [0.29, 0.717) is 0 Å². The number of benzene rings is 1. The fourth-order valence-electron chi connectivity index (χ4n) is 3.17. The summed E-state index contributed by atoms with van der Waals surface area (Å²) in [5, 5.41) is 21.3. The van der Waals surface area contributed by atoms with Crippen LogP contribution in [0.4, 0.5) is 23.2 Å². The van der Waals surface area contributed by atoms with E-state index in [-0.39, 0.29) is 23.0 Å². The fraction of sp³-hybridized carbons (Fsp3) is 0.263. The summed E-state index contributed by atoms with van der Waals surface area (Å²) in [5.74, 6) is -2.33. The number of nitriles is 1. The van der Waals surface area contributed by atoms with Crippen molar-refractivity contribution in [2.45, 2.75) is 22.7 Å². The number of fused-ring (bicyclic) bond motifs is 1. The molecule has 2 heterocycles. The van der Waals surface area contributed by atoms with E-state index < -0.39 is 56.8 Å². The van der Waals surface area contributed by atoms with Gasteiger partial charge in [0.2, 0.25) is 10.0 Å². The highest BCUT2D eigenvalue weighted by atomic mass is 32.2. The second-order valence-electron chi connectivity index (χ2n) is 7.05. The zero-order chi connectivity index (χ0) is 24.8. The Bertz CT molecular complexity index is 1280. The van der Waals surface area contributed by atoms with Gasteiger partial charge in [-0.05, 0) is 24.3 Å². The molecule has 0 saturated heterocycles. The molecule has 0 unspecified atom stereocenters. The predicted octanol–water partition coefficient (Wildman–Crippen LogP) is 1.81. The molecule has 3 rings (SSSR count). The topological polar surface area (TPSA) is 133 Å². The maximum absolute atomic E-state index is 13.5. The number of aliphatic hydroxyl groups is 1. The van der Waals surface area contributed by atoms with E-state index in [9.17, 15) is 35.9 Å². The predicted molar refractivity (Wildman–Crippen MR) is 105 cm³/mol. The highest BCUT2D eigenvalue weighted by Crippen LogP contribution is 2.39. The molecule has 3 N–H and O–H groups in total. The van der Waals surface area contributed by atoms with Crippen molar-refractivity contribution in [1.82, 2.24) is 9.29 Å². The summed E-state index contributed by atoms with van der Waals surface area (Å²) in [4.78, 5) is 12.2. The molecular weight excluding hydrogens is 472 g/mol. The van der Waals surface area contributed by atoms with Crippen LogP contribution < -0.4 is 14.8 Å². The van der Waals surface area contributed by atoms with Crippen molar-refractivity contribution in [2.75, 3.05) is 11.9 Å². The molecule has 0 fully saturated rings. The number of ether oxygens (including phenoxy) is 1. The first-order chi connectivity index (χ1) is 15.2. The molecule has 0 aliphatic carbocycles. The van der Waals surface area contributed by atoms with Gasteiger partial charge in [0.25, 0.3) is 5.91 Å². The molecule has 0 saturated carbocycles. The number of amides is 1. The van der Waals surface area contributed by atoms with Crippen molar-refractivity contribution >= 4 is 21.6 Å². The number of sulfonamides is 1. The molecule has 0 radical (unpaired) electrons. The molecule has 1 aliphatic heterocycles. The molecule has 1 aromatic carbocycles. The van der Waals surface area contributed by atoms with Crippen LogP contribution in [0.2, 0.25) is 0 Å². The van der Waals surface area contributed by atoms with E-state index in [1.807, 2.05) is 0 Å². The molecule has 2 atom stereocenters. The average Bonchev–Trinajstić information content (AvgIpc) is 3.01. The van der Waals surface area contributed by atoms with E-state index in [2.05, 4.69) is 11.9 Å². The maximum atomic E-state index is 13.5. The van der Waals surface area contributed by atoms with E-state index in [1.165, 1.54) is 7.05 Å². The lowest BCUT2D eigenvalue weighted by atomic mass is 9.95. The van der Waals surface area contributed by atoms with Gasteiger partial charge in [0, 0.05) is 18.9 Å². The minimum atomic E-state index is -5.29. The summed E-state index contributed by atoms with van der Waals surface area (Å²) in [5.41, 5.74) is -4.40. The standard InChI is InChI=1S/C19H16F4N4O5S/c1-3-18(29,19(21,22)23)14-9-32-16-13(33(30,31)26-14)8-27(2)15(16)17(28)25-11-4-5-12(20)10(6-11)7-24/h3-6,8,14,26,29H,1,9H2,2H3,(H,25,28)/t14-,18-/m1/s1. The number of hydrogen-bond acceptors (Lipinski definition) is 6. The smallest absolute Gasteiger partial charge is 0.422 e. The number of anilines is 1. The largest absolute Gasteiger partial charge is 0.488 e. The van der Waals surface area contributed by atoms with E-state index >= 15 is 0 Å². The number of rotatable bonds is 4. The van der Waals surface area contributed by atoms with Crippen LogP contribution in [0.5, 0.6) is 5.75 Å². The van der Waals surface area contributed by atoms with Gasteiger partial charge in [0.15, 0.2) is 17.0 Å². The summed E-state index contributed by atoms with van der Waals surface area (Å²) in [6.45, 7) is 1.95. The lowest BCUT2D eigenvalue weighted by molar-refractivity contribution is -0.249. The first-order valence-corrected chi connectivity index (χ1v) is 10.5. The van der Waals surface area contributed by atoms with Gasteiger partial charge in [-0.2, -0.15) is 18.4 Å². The van der Waals surface area contributed by atoms with Crippen LogP contribution in [0.3, 0.4) is 0 Å². The van der Waals surface area contributed by atoms with Crippen LogP contribution in [0, 0.1) is 17.1 Å². The van der Waals surface area contributed by atoms with Crippen LogP contribution in [-0.4, -0.2) is 48.4 Å². The highest BCUT2D eigenvalue weighted by Gasteiger charge is 2.58. The molecule has 1 aromatic heterocycles. The van der Waals surface area contributed by atoms with E-state index in [1.54, 1.807) is 10.8 Å². The summed E-state index contributed by atoms with van der Waals surface area (Å²) in [7, 11) is -3.39. The zero-order valence-corrected chi connectivity index (χ0v) is 17.6. The second kappa shape index (κ2) is 8.18. The van der Waals surface area contributed by atoms with Crippen molar-refractivity contribution in [3.05, 3.63) is 54.1 Å². The number of carbonyl (C=O) groups excluding carboxylic acids is 1. The zero-order valence-electron chi connectivity index (χ0n) is 16.8. The average molecular weight is 488 g/mol. The summed E-state index contributed by atoms with van der Waals surface area (Å²) < 4.78 is 87.3.